The van der Waals surface area contributed by atoms with E-state index in [9.17, 15) is 13.6 Å². The van der Waals surface area contributed by atoms with Gasteiger partial charge in [-0.1, -0.05) is 0 Å². The molecule has 0 bridgehead atoms. The lowest BCUT2D eigenvalue weighted by Gasteiger charge is -2.10. The molecule has 3 rings (SSSR count). The molecule has 1 aromatic carbocycles. The first-order valence-corrected chi connectivity index (χ1v) is 6.15. The maximum absolute atomic E-state index is 14.2. The molecule has 0 saturated carbocycles. The molecular weight excluding hydrogens is 298 g/mol. The Bertz CT molecular complexity index is 780. The van der Waals surface area contributed by atoms with Crippen molar-refractivity contribution < 1.29 is 27.8 Å². The molecule has 0 saturated heterocycles. The third-order valence-electron chi connectivity index (χ3n) is 3.14. The number of carbonyl (C=O) groups is 1. The van der Waals surface area contributed by atoms with Gasteiger partial charge in [0.15, 0.2) is 28.8 Å². The van der Waals surface area contributed by atoms with Crippen LogP contribution in [0.15, 0.2) is 18.2 Å². The number of esters is 1. The van der Waals surface area contributed by atoms with E-state index in [1.165, 1.54) is 12.1 Å². The summed E-state index contributed by atoms with van der Waals surface area (Å²) >= 11 is 0. The van der Waals surface area contributed by atoms with Crippen LogP contribution >= 0.6 is 0 Å². The molecule has 1 aliphatic rings. The van der Waals surface area contributed by atoms with Crippen molar-refractivity contribution in [1.82, 2.24) is 4.98 Å². The maximum Gasteiger partial charge on any atom is 0.359 e. The smallest absolute Gasteiger partial charge is 0.359 e. The molecule has 0 spiro atoms. The van der Waals surface area contributed by atoms with Gasteiger partial charge in [-0.2, -0.15) is 0 Å². The summed E-state index contributed by atoms with van der Waals surface area (Å²) in [5.74, 6) is -2.49. The van der Waals surface area contributed by atoms with Crippen molar-refractivity contribution >= 4 is 11.7 Å². The number of nitrogens with two attached hydrogens (primary N) is 1. The molecule has 0 unspecified atom stereocenters. The minimum atomic E-state index is -1.26. The molecule has 22 heavy (non-hydrogen) atoms. The van der Waals surface area contributed by atoms with E-state index in [4.69, 9.17) is 15.2 Å². The molecule has 0 radical (unpaired) electrons. The van der Waals surface area contributed by atoms with Crippen LogP contribution in [-0.2, 0) is 4.74 Å². The Morgan fingerprint density at radius 1 is 1.27 bits per heavy atom. The van der Waals surface area contributed by atoms with Crippen molar-refractivity contribution in [3.63, 3.8) is 0 Å². The largest absolute Gasteiger partial charge is 0.464 e. The lowest BCUT2D eigenvalue weighted by atomic mass is 10.1. The van der Waals surface area contributed by atoms with Crippen LogP contribution in [0.25, 0.3) is 11.3 Å². The number of halogens is 2. The zero-order valence-electron chi connectivity index (χ0n) is 11.4. The summed E-state index contributed by atoms with van der Waals surface area (Å²) in [6.45, 7) is 0.0493. The van der Waals surface area contributed by atoms with Gasteiger partial charge in [0.05, 0.1) is 7.11 Å². The van der Waals surface area contributed by atoms with Gasteiger partial charge < -0.3 is 19.9 Å². The van der Waals surface area contributed by atoms with Crippen molar-refractivity contribution in [3.05, 3.63) is 35.5 Å². The van der Waals surface area contributed by atoms with Gasteiger partial charge in [-0.25, -0.2) is 18.6 Å². The molecule has 1 aromatic heterocycles. The quantitative estimate of drug-likeness (QED) is 0.856. The highest BCUT2D eigenvalue weighted by atomic mass is 19.1. The van der Waals surface area contributed by atoms with E-state index in [1.54, 1.807) is 6.07 Å². The molecule has 1 aliphatic heterocycles. The van der Waals surface area contributed by atoms with Crippen LogP contribution in [0.5, 0.6) is 11.5 Å². The van der Waals surface area contributed by atoms with E-state index in [2.05, 4.69) is 9.72 Å². The summed E-state index contributed by atoms with van der Waals surface area (Å²) in [4.78, 5) is 15.2. The van der Waals surface area contributed by atoms with Gasteiger partial charge in [0.25, 0.3) is 0 Å². The molecule has 114 valence electrons. The van der Waals surface area contributed by atoms with Gasteiger partial charge in [0.1, 0.15) is 11.4 Å². The van der Waals surface area contributed by atoms with E-state index in [-0.39, 0.29) is 18.1 Å². The molecule has 0 atom stereocenters. The molecule has 0 aliphatic carbocycles. The van der Waals surface area contributed by atoms with Crippen molar-refractivity contribution in [2.24, 2.45) is 0 Å². The Hall–Kier alpha value is -2.90. The minimum Gasteiger partial charge on any atom is -0.464 e. The Morgan fingerprint density at radius 2 is 2.00 bits per heavy atom. The average Bonchev–Trinajstić information content (AvgIpc) is 2.99. The maximum atomic E-state index is 14.2. The minimum absolute atomic E-state index is 0.0493. The van der Waals surface area contributed by atoms with E-state index in [0.29, 0.717) is 11.5 Å². The predicted molar refractivity (Wildman–Crippen MR) is 71.5 cm³/mol. The molecular formula is C14H10F2N2O4. The molecule has 2 N–H and O–H groups in total. The van der Waals surface area contributed by atoms with Crippen molar-refractivity contribution in [1.29, 1.82) is 0 Å². The van der Waals surface area contributed by atoms with Gasteiger partial charge in [-0.3, -0.25) is 0 Å². The van der Waals surface area contributed by atoms with Crippen molar-refractivity contribution in [3.8, 4) is 22.8 Å². The first-order chi connectivity index (χ1) is 10.5. The summed E-state index contributed by atoms with van der Waals surface area (Å²) in [6, 6.07) is 4.51. The molecule has 8 heteroatoms. The molecule has 0 amide bonds. The second-order valence-electron chi connectivity index (χ2n) is 4.41. The molecule has 0 fully saturated rings. The van der Waals surface area contributed by atoms with E-state index in [1.807, 2.05) is 0 Å². The number of methoxy groups -OCH3 is 1. The number of fused-ring (bicyclic) bond motifs is 1. The Balaban J connectivity index is 2.18. The van der Waals surface area contributed by atoms with Crippen LogP contribution in [0.2, 0.25) is 0 Å². The highest BCUT2D eigenvalue weighted by Crippen LogP contribution is 2.37. The third kappa shape index (κ3) is 2.09. The zero-order valence-corrected chi connectivity index (χ0v) is 11.4. The second kappa shape index (κ2) is 5.14. The summed E-state index contributed by atoms with van der Waals surface area (Å²) < 4.78 is 42.8. The van der Waals surface area contributed by atoms with Gasteiger partial charge in [-0.15, -0.1) is 0 Å². The Kier molecular flexibility index (Phi) is 3.28. The summed E-state index contributed by atoms with van der Waals surface area (Å²) in [5, 5.41) is 0. The predicted octanol–water partition coefficient (Wildman–Crippen LogP) is 2.12. The number of anilines is 1. The second-order valence-corrected chi connectivity index (χ2v) is 4.41. The van der Waals surface area contributed by atoms with Gasteiger partial charge in [0, 0.05) is 5.56 Å². The lowest BCUT2D eigenvalue weighted by molar-refractivity contribution is 0.0588. The topological polar surface area (TPSA) is 83.7 Å². The van der Waals surface area contributed by atoms with Crippen LogP contribution in [0.4, 0.5) is 14.5 Å². The lowest BCUT2D eigenvalue weighted by Crippen LogP contribution is -2.13. The van der Waals surface area contributed by atoms with Crippen LogP contribution in [0.1, 0.15) is 10.5 Å². The number of hydrogen-bond donors (Lipinski definition) is 1. The van der Waals surface area contributed by atoms with Crippen LogP contribution in [0.3, 0.4) is 0 Å². The van der Waals surface area contributed by atoms with Gasteiger partial charge in [-0.05, 0) is 18.2 Å². The summed E-state index contributed by atoms with van der Waals surface area (Å²) in [7, 11) is 1.06. The highest BCUT2D eigenvalue weighted by Gasteiger charge is 2.25. The normalized spacial score (nSPS) is 12.3. The SMILES string of the molecule is COC(=O)c1nc(-c2ccc3c(c2)OCO3)c(F)c(N)c1F. The highest BCUT2D eigenvalue weighted by molar-refractivity contribution is 5.90. The van der Waals surface area contributed by atoms with E-state index >= 15 is 0 Å². The van der Waals surface area contributed by atoms with Crippen molar-refractivity contribution in [2.45, 2.75) is 0 Å². The third-order valence-corrected chi connectivity index (χ3v) is 3.14. The fraction of sp³-hybridized carbons (Fsp3) is 0.143. The Labute approximate surface area is 123 Å². The van der Waals surface area contributed by atoms with Gasteiger partial charge >= 0.3 is 5.97 Å². The fourth-order valence-corrected chi connectivity index (χ4v) is 2.03. The molecule has 2 heterocycles. The van der Waals surface area contributed by atoms with E-state index in [0.717, 1.165) is 7.11 Å². The molecule has 2 aromatic rings. The number of ether oxygens (including phenoxy) is 3. The Morgan fingerprint density at radius 3 is 2.73 bits per heavy atom. The van der Waals surface area contributed by atoms with Crippen LogP contribution in [0, 0.1) is 11.6 Å². The number of rotatable bonds is 2. The average molecular weight is 308 g/mol. The van der Waals surface area contributed by atoms with Crippen LogP contribution in [-0.4, -0.2) is 24.9 Å². The number of benzene rings is 1. The monoisotopic (exact) mass is 308 g/mol. The standard InChI is InChI=1S/C14H10F2N2O4/c1-20-14(19)13-10(16)11(17)9(15)12(18-13)6-2-3-7-8(4-6)22-5-21-7/h2-4H,5H2,1H3,(H2,17,18). The number of carbonyl (C=O) groups excluding carboxylic acids is 1. The fourth-order valence-electron chi connectivity index (χ4n) is 2.03. The number of aromatic nitrogens is 1. The number of nitrogens with zero attached hydrogens (tertiary/aromatic N) is 1. The summed E-state index contributed by atoms with van der Waals surface area (Å²) in [5.41, 5.74) is 3.87. The number of pyridine rings is 1. The number of nitrogen functional groups attached to an aromatic ring is 1. The summed E-state index contributed by atoms with van der Waals surface area (Å²) in [6.07, 6.45) is 0. The van der Waals surface area contributed by atoms with Crippen molar-refractivity contribution in [2.75, 3.05) is 19.6 Å². The first kappa shape index (κ1) is 14.1. The van der Waals surface area contributed by atoms with Crippen LogP contribution < -0.4 is 15.2 Å². The van der Waals surface area contributed by atoms with Gasteiger partial charge in [0.2, 0.25) is 6.79 Å². The number of hydrogen-bond acceptors (Lipinski definition) is 6. The first-order valence-electron chi connectivity index (χ1n) is 6.15. The van der Waals surface area contributed by atoms with E-state index < -0.39 is 29.0 Å². The zero-order chi connectivity index (χ0) is 15.9. The molecule has 6 nitrogen and oxygen atoms in total.